The van der Waals surface area contributed by atoms with Gasteiger partial charge in [0, 0.05) is 17.2 Å². The molecule has 0 atom stereocenters. The van der Waals surface area contributed by atoms with E-state index in [1.54, 1.807) is 12.1 Å². The molecule has 0 radical (unpaired) electrons. The summed E-state index contributed by atoms with van der Waals surface area (Å²) in [5.41, 5.74) is 0.876. The zero-order valence-corrected chi connectivity index (χ0v) is 15.6. The Labute approximate surface area is 161 Å². The van der Waals surface area contributed by atoms with Crippen molar-refractivity contribution in [2.24, 2.45) is 0 Å². The SMILES string of the molecule is CCOCc1cc(C(=O)OCC(=O)Nc2ccc(Cl)cc2F)ccc1OC. The lowest BCUT2D eigenvalue weighted by Crippen LogP contribution is -2.21. The fourth-order valence-corrected chi connectivity index (χ4v) is 2.38. The molecule has 0 bridgehead atoms. The molecule has 0 aliphatic carbocycles. The second-order valence-corrected chi connectivity index (χ2v) is 5.85. The number of rotatable bonds is 8. The smallest absolute Gasteiger partial charge is 0.338 e. The molecule has 144 valence electrons. The van der Waals surface area contributed by atoms with Crippen molar-refractivity contribution in [1.82, 2.24) is 0 Å². The van der Waals surface area contributed by atoms with E-state index in [1.165, 1.54) is 25.3 Å². The molecule has 0 fully saturated rings. The number of benzene rings is 2. The van der Waals surface area contributed by atoms with Crippen LogP contribution in [-0.4, -0.2) is 32.2 Å². The van der Waals surface area contributed by atoms with Gasteiger partial charge in [0.25, 0.3) is 5.91 Å². The molecule has 0 aliphatic heterocycles. The fraction of sp³-hybridized carbons (Fsp3) is 0.263. The van der Waals surface area contributed by atoms with Crippen molar-refractivity contribution in [3.63, 3.8) is 0 Å². The van der Waals surface area contributed by atoms with Crippen molar-refractivity contribution in [3.8, 4) is 5.75 Å². The highest BCUT2D eigenvalue weighted by molar-refractivity contribution is 6.30. The summed E-state index contributed by atoms with van der Waals surface area (Å²) in [6.07, 6.45) is 0. The third kappa shape index (κ3) is 5.94. The third-order valence-electron chi connectivity index (χ3n) is 3.52. The van der Waals surface area contributed by atoms with Crippen LogP contribution in [0.4, 0.5) is 10.1 Å². The Bertz CT molecular complexity index is 828. The Morgan fingerprint density at radius 2 is 1.96 bits per heavy atom. The number of hydrogen-bond donors (Lipinski definition) is 1. The van der Waals surface area contributed by atoms with Gasteiger partial charge in [0.15, 0.2) is 6.61 Å². The van der Waals surface area contributed by atoms with Gasteiger partial charge in [-0.05, 0) is 43.3 Å². The molecule has 2 rings (SSSR count). The fourth-order valence-electron chi connectivity index (χ4n) is 2.22. The number of methoxy groups -OCH3 is 1. The van der Waals surface area contributed by atoms with Crippen molar-refractivity contribution in [1.29, 1.82) is 0 Å². The number of amides is 1. The van der Waals surface area contributed by atoms with Gasteiger partial charge in [0.1, 0.15) is 11.6 Å². The molecule has 0 saturated carbocycles. The molecule has 1 amide bonds. The zero-order chi connectivity index (χ0) is 19.8. The van der Waals surface area contributed by atoms with Crippen molar-refractivity contribution in [2.75, 3.05) is 25.6 Å². The first kappa shape index (κ1) is 20.7. The summed E-state index contributed by atoms with van der Waals surface area (Å²) < 4.78 is 29.2. The summed E-state index contributed by atoms with van der Waals surface area (Å²) in [5.74, 6) is -1.47. The van der Waals surface area contributed by atoms with Gasteiger partial charge in [-0.2, -0.15) is 0 Å². The molecule has 0 heterocycles. The Morgan fingerprint density at radius 1 is 1.19 bits per heavy atom. The summed E-state index contributed by atoms with van der Waals surface area (Å²) in [7, 11) is 1.52. The van der Waals surface area contributed by atoms with Crippen LogP contribution in [0, 0.1) is 5.82 Å². The first-order valence-electron chi connectivity index (χ1n) is 8.11. The maximum Gasteiger partial charge on any atom is 0.338 e. The van der Waals surface area contributed by atoms with Crippen LogP contribution in [0.15, 0.2) is 36.4 Å². The average Bonchev–Trinajstić information content (AvgIpc) is 2.66. The maximum atomic E-state index is 13.7. The first-order valence-corrected chi connectivity index (χ1v) is 8.49. The zero-order valence-electron chi connectivity index (χ0n) is 14.9. The molecule has 2 aromatic carbocycles. The molecule has 0 aromatic heterocycles. The van der Waals surface area contributed by atoms with Crippen molar-refractivity contribution >= 4 is 29.2 Å². The van der Waals surface area contributed by atoms with E-state index in [-0.39, 0.29) is 22.9 Å². The van der Waals surface area contributed by atoms with Crippen LogP contribution in [-0.2, 0) is 20.9 Å². The van der Waals surface area contributed by atoms with Gasteiger partial charge in [0.05, 0.1) is 25.0 Å². The number of carbonyl (C=O) groups is 2. The quantitative estimate of drug-likeness (QED) is 0.688. The average molecular weight is 396 g/mol. The summed E-state index contributed by atoms with van der Waals surface area (Å²) in [5, 5.41) is 2.52. The predicted octanol–water partition coefficient (Wildman–Crippen LogP) is 3.82. The van der Waals surface area contributed by atoms with Crippen LogP contribution in [0.5, 0.6) is 5.75 Å². The van der Waals surface area contributed by atoms with Crippen molar-refractivity contribution in [2.45, 2.75) is 13.5 Å². The Hall–Kier alpha value is -2.64. The monoisotopic (exact) mass is 395 g/mol. The highest BCUT2D eigenvalue weighted by Gasteiger charge is 2.14. The number of hydrogen-bond acceptors (Lipinski definition) is 5. The lowest BCUT2D eigenvalue weighted by Gasteiger charge is -2.11. The largest absolute Gasteiger partial charge is 0.496 e. The summed E-state index contributed by atoms with van der Waals surface area (Å²) in [4.78, 5) is 24.0. The maximum absolute atomic E-state index is 13.7. The van der Waals surface area contributed by atoms with Crippen LogP contribution in [0.3, 0.4) is 0 Å². The van der Waals surface area contributed by atoms with Gasteiger partial charge in [0.2, 0.25) is 0 Å². The number of carbonyl (C=O) groups excluding carboxylic acids is 2. The molecule has 6 nitrogen and oxygen atoms in total. The van der Waals surface area contributed by atoms with E-state index in [0.29, 0.717) is 17.9 Å². The second kappa shape index (κ2) is 9.89. The van der Waals surface area contributed by atoms with Gasteiger partial charge in [-0.1, -0.05) is 11.6 Å². The molecule has 1 N–H and O–H groups in total. The van der Waals surface area contributed by atoms with Crippen molar-refractivity contribution < 1.29 is 28.2 Å². The normalized spacial score (nSPS) is 10.4. The highest BCUT2D eigenvalue weighted by atomic mass is 35.5. The molecule has 0 unspecified atom stereocenters. The van der Waals surface area contributed by atoms with E-state index >= 15 is 0 Å². The standard InChI is InChI=1S/C19H19ClFNO5/c1-3-26-10-13-8-12(4-7-17(13)25-2)19(24)27-11-18(23)22-16-6-5-14(20)9-15(16)21/h4-9H,3,10-11H2,1-2H3,(H,22,23). The molecule has 8 heteroatoms. The highest BCUT2D eigenvalue weighted by Crippen LogP contribution is 2.22. The van der Waals surface area contributed by atoms with E-state index in [9.17, 15) is 14.0 Å². The first-order chi connectivity index (χ1) is 12.9. The second-order valence-electron chi connectivity index (χ2n) is 5.41. The number of ether oxygens (including phenoxy) is 3. The number of nitrogens with one attached hydrogen (secondary N) is 1. The van der Waals surface area contributed by atoms with E-state index in [4.69, 9.17) is 25.8 Å². The topological polar surface area (TPSA) is 73.9 Å². The lowest BCUT2D eigenvalue weighted by atomic mass is 10.1. The van der Waals surface area contributed by atoms with Gasteiger partial charge < -0.3 is 19.5 Å². The minimum atomic E-state index is -0.692. The Kier molecular flexibility index (Phi) is 7.57. The van der Waals surface area contributed by atoms with Gasteiger partial charge in [-0.15, -0.1) is 0 Å². The van der Waals surface area contributed by atoms with Crippen LogP contribution < -0.4 is 10.1 Å². The van der Waals surface area contributed by atoms with Crippen LogP contribution in [0.2, 0.25) is 5.02 Å². The van der Waals surface area contributed by atoms with Gasteiger partial charge in [-0.25, -0.2) is 9.18 Å². The summed E-state index contributed by atoms with van der Waals surface area (Å²) in [6.45, 7) is 2.08. The molecule has 0 aliphatic rings. The van der Waals surface area contributed by atoms with Gasteiger partial charge in [-0.3, -0.25) is 4.79 Å². The number of esters is 1. The van der Waals surface area contributed by atoms with Crippen LogP contribution in [0.25, 0.3) is 0 Å². The van der Waals surface area contributed by atoms with E-state index in [2.05, 4.69) is 5.32 Å². The number of halogens is 2. The third-order valence-corrected chi connectivity index (χ3v) is 3.75. The number of anilines is 1. The molecular weight excluding hydrogens is 377 g/mol. The molecular formula is C19H19ClFNO5. The molecule has 0 saturated heterocycles. The van der Waals surface area contributed by atoms with E-state index < -0.39 is 24.3 Å². The van der Waals surface area contributed by atoms with E-state index in [1.807, 2.05) is 6.92 Å². The Balaban J connectivity index is 1.97. The molecule has 2 aromatic rings. The van der Waals surface area contributed by atoms with Crippen molar-refractivity contribution in [3.05, 3.63) is 58.4 Å². The molecule has 27 heavy (non-hydrogen) atoms. The van der Waals surface area contributed by atoms with Crippen LogP contribution in [0.1, 0.15) is 22.8 Å². The van der Waals surface area contributed by atoms with Crippen LogP contribution >= 0.6 is 11.6 Å². The summed E-state index contributed by atoms with van der Waals surface area (Å²) >= 11 is 5.65. The predicted molar refractivity (Wildman–Crippen MR) is 98.6 cm³/mol. The van der Waals surface area contributed by atoms with E-state index in [0.717, 1.165) is 6.07 Å². The minimum Gasteiger partial charge on any atom is -0.496 e. The Morgan fingerprint density at radius 3 is 2.63 bits per heavy atom. The summed E-state index contributed by atoms with van der Waals surface area (Å²) in [6, 6.07) is 8.54. The lowest BCUT2D eigenvalue weighted by molar-refractivity contribution is -0.119. The van der Waals surface area contributed by atoms with Gasteiger partial charge >= 0.3 is 5.97 Å². The minimum absolute atomic E-state index is 0.0519. The molecule has 0 spiro atoms.